The molecule has 204 valence electrons. The summed E-state index contributed by atoms with van der Waals surface area (Å²) in [6, 6.07) is 27.6. The van der Waals surface area contributed by atoms with E-state index < -0.39 is 11.8 Å². The fraction of sp³-hybridized carbons (Fsp3) is 0.343. The first-order chi connectivity index (χ1) is 19.6. The maximum Gasteiger partial charge on any atom is 0.315 e. The highest BCUT2D eigenvalue weighted by Crippen LogP contribution is 2.47. The second-order valence-corrected chi connectivity index (χ2v) is 11.2. The lowest BCUT2D eigenvalue weighted by molar-refractivity contribution is -0.153. The van der Waals surface area contributed by atoms with Gasteiger partial charge in [-0.15, -0.1) is 0 Å². The van der Waals surface area contributed by atoms with Gasteiger partial charge in [-0.05, 0) is 80.3 Å². The van der Waals surface area contributed by atoms with E-state index in [1.807, 2.05) is 79.7 Å². The molecule has 3 atom stereocenters. The number of esters is 1. The Bertz CT molecular complexity index is 1440. The zero-order valence-electron chi connectivity index (χ0n) is 22.9. The summed E-state index contributed by atoms with van der Waals surface area (Å²) in [4.78, 5) is 32.7. The van der Waals surface area contributed by atoms with Crippen molar-refractivity contribution in [1.82, 2.24) is 0 Å². The first kappa shape index (κ1) is 26.2. The Hall–Kier alpha value is -3.99. The number of ketones is 1. The Balaban J connectivity index is 1.38. The van der Waals surface area contributed by atoms with Gasteiger partial charge in [0.25, 0.3) is 0 Å². The van der Waals surface area contributed by atoms with Crippen LogP contribution in [0.3, 0.4) is 0 Å². The molecular weight excluding hydrogens is 498 g/mol. The molecule has 0 aromatic heterocycles. The highest BCUT2D eigenvalue weighted by atomic mass is 16.5. The zero-order valence-corrected chi connectivity index (χ0v) is 22.9. The molecule has 0 radical (unpaired) electrons. The molecule has 5 heteroatoms. The molecule has 0 N–H and O–H groups in total. The number of Topliss-reactive ketones (excluding diaryl/α,β-unsaturated/α-hetero) is 1. The van der Waals surface area contributed by atoms with Crippen LogP contribution in [0, 0.1) is 5.92 Å². The van der Waals surface area contributed by atoms with Gasteiger partial charge in [0, 0.05) is 29.3 Å². The molecule has 1 fully saturated rings. The maximum atomic E-state index is 13.9. The summed E-state index contributed by atoms with van der Waals surface area (Å²) in [6.07, 6.45) is 6.13. The van der Waals surface area contributed by atoms with Crippen LogP contribution in [-0.4, -0.2) is 23.6 Å². The first-order valence-corrected chi connectivity index (χ1v) is 14.5. The number of carbonyl (C=O) groups excluding carboxylic acids is 2. The average molecular weight is 534 g/mol. The number of nitrogens with zero attached hydrogens (tertiary/aromatic N) is 1. The van der Waals surface area contributed by atoms with Crippen LogP contribution in [0.25, 0.3) is 0 Å². The second kappa shape index (κ2) is 11.6. The highest BCUT2D eigenvalue weighted by molar-refractivity contribution is 6.09. The smallest absolute Gasteiger partial charge is 0.315 e. The molecule has 0 spiro atoms. The molecule has 40 heavy (non-hydrogen) atoms. The van der Waals surface area contributed by atoms with E-state index in [-0.39, 0.29) is 23.8 Å². The van der Waals surface area contributed by atoms with Gasteiger partial charge in [0.1, 0.15) is 23.5 Å². The molecule has 1 heterocycles. The molecule has 3 aromatic rings. The first-order valence-electron chi connectivity index (χ1n) is 14.5. The Labute approximate surface area is 235 Å². The molecule has 2 aliphatic carbocycles. The molecule has 5 nitrogen and oxygen atoms in total. The third-order valence-electron chi connectivity index (χ3n) is 8.44. The summed E-state index contributed by atoms with van der Waals surface area (Å²) < 4.78 is 12.2. The van der Waals surface area contributed by atoms with E-state index in [0.29, 0.717) is 29.9 Å². The van der Waals surface area contributed by atoms with E-state index in [9.17, 15) is 9.59 Å². The standard InChI is InChI=1S/C35H35NO4/c1-23-32(35(38)40-28-17-9-4-10-18-28)33(25-14-11-19-29(20-25)39-27-15-7-3-8-16-27)34-30(36-23)21-26(22-31(34)37)24-12-5-2-6-13-24/h2-3,5-8,11-16,19-20,26,28,32-33H,4,9-10,17-18,21-22H2,1H3. The molecule has 0 amide bonds. The second-order valence-electron chi connectivity index (χ2n) is 11.2. The summed E-state index contributed by atoms with van der Waals surface area (Å²) >= 11 is 0. The number of para-hydroxylation sites is 1. The van der Waals surface area contributed by atoms with Gasteiger partial charge < -0.3 is 9.47 Å². The monoisotopic (exact) mass is 533 g/mol. The molecule has 6 rings (SSSR count). The van der Waals surface area contributed by atoms with Crippen LogP contribution in [0.15, 0.2) is 101 Å². The summed E-state index contributed by atoms with van der Waals surface area (Å²) in [6.45, 7) is 1.91. The van der Waals surface area contributed by atoms with Crippen LogP contribution < -0.4 is 4.74 Å². The Morgan fingerprint density at radius 2 is 1.48 bits per heavy atom. The van der Waals surface area contributed by atoms with Crippen molar-refractivity contribution in [2.45, 2.75) is 69.8 Å². The summed E-state index contributed by atoms with van der Waals surface area (Å²) in [5.74, 6) is 0.128. The minimum Gasteiger partial charge on any atom is -0.462 e. The zero-order chi connectivity index (χ0) is 27.5. The van der Waals surface area contributed by atoms with Crippen molar-refractivity contribution in [2.75, 3.05) is 0 Å². The SMILES string of the molecule is CC1=NC2=C(C(=O)CC(c3ccccc3)C2)C(c2cccc(Oc3ccccc3)c2)C1C(=O)OC1CCCCC1. The van der Waals surface area contributed by atoms with Gasteiger partial charge in [-0.2, -0.15) is 0 Å². The summed E-state index contributed by atoms with van der Waals surface area (Å²) in [5, 5.41) is 0. The van der Waals surface area contributed by atoms with Crippen LogP contribution in [-0.2, 0) is 14.3 Å². The molecular formula is C35H35NO4. The number of allylic oxidation sites excluding steroid dienone is 2. The molecule has 0 saturated heterocycles. The van der Waals surface area contributed by atoms with E-state index >= 15 is 0 Å². The minimum atomic E-state index is -0.648. The van der Waals surface area contributed by atoms with E-state index in [1.165, 1.54) is 6.42 Å². The molecule has 3 unspecified atom stereocenters. The van der Waals surface area contributed by atoms with Gasteiger partial charge in [0.15, 0.2) is 5.78 Å². The van der Waals surface area contributed by atoms with Crippen molar-refractivity contribution in [1.29, 1.82) is 0 Å². The van der Waals surface area contributed by atoms with Crippen LogP contribution in [0.5, 0.6) is 11.5 Å². The Morgan fingerprint density at radius 1 is 0.800 bits per heavy atom. The Morgan fingerprint density at radius 3 is 2.23 bits per heavy atom. The van der Waals surface area contributed by atoms with Gasteiger partial charge in [-0.25, -0.2) is 0 Å². The van der Waals surface area contributed by atoms with Crippen molar-refractivity contribution in [3.8, 4) is 11.5 Å². The third kappa shape index (κ3) is 5.51. The summed E-state index contributed by atoms with van der Waals surface area (Å²) in [7, 11) is 0. The minimum absolute atomic E-state index is 0.0567. The fourth-order valence-corrected chi connectivity index (χ4v) is 6.50. The number of ether oxygens (including phenoxy) is 2. The van der Waals surface area contributed by atoms with Gasteiger partial charge in [-0.1, -0.05) is 67.1 Å². The molecule has 1 aliphatic heterocycles. The van der Waals surface area contributed by atoms with E-state index in [2.05, 4.69) is 12.1 Å². The fourth-order valence-electron chi connectivity index (χ4n) is 6.50. The van der Waals surface area contributed by atoms with Gasteiger partial charge in [0.2, 0.25) is 0 Å². The van der Waals surface area contributed by atoms with Crippen LogP contribution in [0.4, 0.5) is 0 Å². The Kier molecular flexibility index (Phi) is 7.63. The van der Waals surface area contributed by atoms with Crippen molar-refractivity contribution in [2.24, 2.45) is 10.9 Å². The highest BCUT2D eigenvalue weighted by Gasteiger charge is 2.45. The summed E-state index contributed by atoms with van der Waals surface area (Å²) in [5.41, 5.74) is 4.17. The van der Waals surface area contributed by atoms with Crippen molar-refractivity contribution in [3.05, 3.63) is 107 Å². The molecule has 3 aromatic carbocycles. The number of hydrogen-bond acceptors (Lipinski definition) is 5. The average Bonchev–Trinajstić information content (AvgIpc) is 2.98. The van der Waals surface area contributed by atoms with Crippen molar-refractivity contribution >= 4 is 17.5 Å². The van der Waals surface area contributed by atoms with Crippen molar-refractivity contribution < 1.29 is 19.1 Å². The largest absolute Gasteiger partial charge is 0.462 e. The van der Waals surface area contributed by atoms with Crippen molar-refractivity contribution in [3.63, 3.8) is 0 Å². The lowest BCUT2D eigenvalue weighted by Gasteiger charge is -2.37. The molecule has 1 saturated carbocycles. The maximum absolute atomic E-state index is 13.9. The van der Waals surface area contributed by atoms with Gasteiger partial charge in [-0.3, -0.25) is 14.6 Å². The topological polar surface area (TPSA) is 65.0 Å². The number of carbonyl (C=O) groups is 2. The van der Waals surface area contributed by atoms with Crippen LogP contribution in [0.2, 0.25) is 0 Å². The third-order valence-corrected chi connectivity index (χ3v) is 8.44. The number of benzene rings is 3. The molecule has 0 bridgehead atoms. The van der Waals surface area contributed by atoms with E-state index in [0.717, 1.165) is 48.3 Å². The normalized spacial score (nSPS) is 23.3. The number of hydrogen-bond donors (Lipinski definition) is 0. The molecule has 3 aliphatic rings. The van der Waals surface area contributed by atoms with Crippen LogP contribution in [0.1, 0.15) is 74.8 Å². The van der Waals surface area contributed by atoms with Gasteiger partial charge >= 0.3 is 5.97 Å². The number of rotatable bonds is 6. The van der Waals surface area contributed by atoms with E-state index in [4.69, 9.17) is 14.5 Å². The predicted molar refractivity (Wildman–Crippen MR) is 156 cm³/mol. The lowest BCUT2D eigenvalue weighted by Crippen LogP contribution is -2.39. The quantitative estimate of drug-likeness (QED) is 0.302. The van der Waals surface area contributed by atoms with E-state index in [1.54, 1.807) is 0 Å². The van der Waals surface area contributed by atoms with Crippen LogP contribution >= 0.6 is 0 Å². The number of aliphatic imine (C=N–C) groups is 1. The predicted octanol–water partition coefficient (Wildman–Crippen LogP) is 7.93. The van der Waals surface area contributed by atoms with Gasteiger partial charge in [0.05, 0.1) is 0 Å². The lowest BCUT2D eigenvalue weighted by atomic mass is 9.69.